The van der Waals surface area contributed by atoms with E-state index >= 15 is 0 Å². The lowest BCUT2D eigenvalue weighted by atomic mass is 10.2. The van der Waals surface area contributed by atoms with E-state index in [0.717, 1.165) is 32.0 Å². The van der Waals surface area contributed by atoms with Crippen LogP contribution in [0.4, 0.5) is 11.4 Å². The first-order valence-corrected chi connectivity index (χ1v) is 8.32. The van der Waals surface area contributed by atoms with Gasteiger partial charge in [0.25, 0.3) is 5.91 Å². The van der Waals surface area contributed by atoms with E-state index in [9.17, 15) is 9.59 Å². The number of anilines is 2. The van der Waals surface area contributed by atoms with E-state index in [1.807, 2.05) is 24.3 Å². The van der Waals surface area contributed by atoms with E-state index in [4.69, 9.17) is 13.9 Å². The molecule has 0 unspecified atom stereocenters. The predicted octanol–water partition coefficient (Wildman–Crippen LogP) is 2.31. The number of carbonyl (C=O) groups excluding carboxylic acids is 2. The Balaban J connectivity index is 1.43. The summed E-state index contributed by atoms with van der Waals surface area (Å²) >= 11 is 0. The molecule has 0 radical (unpaired) electrons. The maximum atomic E-state index is 11.9. The van der Waals surface area contributed by atoms with Gasteiger partial charge in [-0.05, 0) is 42.5 Å². The van der Waals surface area contributed by atoms with Crippen molar-refractivity contribution >= 4 is 29.3 Å². The number of benzene rings is 1. The summed E-state index contributed by atoms with van der Waals surface area (Å²) in [7, 11) is 0. The number of hydrogen-bond donors (Lipinski definition) is 1. The van der Waals surface area contributed by atoms with Crippen molar-refractivity contribution in [2.24, 2.45) is 0 Å². The second kappa shape index (κ2) is 8.87. The smallest absolute Gasteiger partial charge is 0.331 e. The highest BCUT2D eigenvalue weighted by Gasteiger charge is 2.11. The molecule has 1 amide bonds. The zero-order valence-electron chi connectivity index (χ0n) is 14.2. The second-order valence-corrected chi connectivity index (χ2v) is 5.65. The molecule has 0 spiro atoms. The average Bonchev–Trinajstić information content (AvgIpc) is 3.20. The van der Waals surface area contributed by atoms with Crippen LogP contribution in [0.1, 0.15) is 5.76 Å². The lowest BCUT2D eigenvalue weighted by molar-refractivity contribution is -0.142. The Morgan fingerprint density at radius 1 is 1.15 bits per heavy atom. The van der Waals surface area contributed by atoms with Gasteiger partial charge in [-0.15, -0.1) is 0 Å². The van der Waals surface area contributed by atoms with Gasteiger partial charge in [0.15, 0.2) is 6.61 Å². The van der Waals surface area contributed by atoms with Crippen LogP contribution in [0.3, 0.4) is 0 Å². The van der Waals surface area contributed by atoms with Gasteiger partial charge in [0.05, 0.1) is 19.5 Å². The Hall–Kier alpha value is -3.06. The summed E-state index contributed by atoms with van der Waals surface area (Å²) in [6, 6.07) is 10.9. The summed E-state index contributed by atoms with van der Waals surface area (Å²) in [6.07, 6.45) is 4.19. The summed E-state index contributed by atoms with van der Waals surface area (Å²) in [5.41, 5.74) is 1.73. The van der Waals surface area contributed by atoms with Crippen molar-refractivity contribution in [3.05, 3.63) is 54.5 Å². The number of furan rings is 1. The third-order valence-corrected chi connectivity index (χ3v) is 3.80. The predicted molar refractivity (Wildman–Crippen MR) is 96.8 cm³/mol. The van der Waals surface area contributed by atoms with Crippen molar-refractivity contribution in [3.8, 4) is 0 Å². The van der Waals surface area contributed by atoms with Gasteiger partial charge in [0.2, 0.25) is 0 Å². The molecule has 2 heterocycles. The lowest BCUT2D eigenvalue weighted by Crippen LogP contribution is -2.36. The third-order valence-electron chi connectivity index (χ3n) is 3.80. The normalized spacial score (nSPS) is 14.4. The first-order chi connectivity index (χ1) is 12.7. The minimum absolute atomic E-state index is 0.355. The van der Waals surface area contributed by atoms with E-state index in [1.54, 1.807) is 12.1 Å². The standard InChI is InChI=1S/C19H20N2O5/c22-18(14-26-19(23)8-7-17-2-1-11-25-17)20-15-3-5-16(6-4-15)21-9-12-24-13-10-21/h1-8,11H,9-10,12-14H2,(H,20,22). The number of esters is 1. The first-order valence-electron chi connectivity index (χ1n) is 8.32. The Kier molecular flexibility index (Phi) is 6.05. The van der Waals surface area contributed by atoms with Gasteiger partial charge in [-0.25, -0.2) is 4.79 Å². The monoisotopic (exact) mass is 356 g/mol. The number of amides is 1. The van der Waals surface area contributed by atoms with Gasteiger partial charge < -0.3 is 24.1 Å². The fourth-order valence-corrected chi connectivity index (χ4v) is 2.50. The number of ether oxygens (including phenoxy) is 2. The van der Waals surface area contributed by atoms with Gasteiger partial charge in [0.1, 0.15) is 5.76 Å². The number of morpholine rings is 1. The van der Waals surface area contributed by atoms with Gasteiger partial charge in [-0.3, -0.25) is 4.79 Å². The minimum atomic E-state index is -0.612. The van der Waals surface area contributed by atoms with Crippen LogP contribution in [0.15, 0.2) is 53.2 Å². The fraction of sp³-hybridized carbons (Fsp3) is 0.263. The highest BCUT2D eigenvalue weighted by molar-refractivity contribution is 5.94. The van der Waals surface area contributed by atoms with Crippen molar-refractivity contribution in [1.82, 2.24) is 0 Å². The second-order valence-electron chi connectivity index (χ2n) is 5.65. The molecule has 1 aromatic heterocycles. The van der Waals surface area contributed by atoms with E-state index in [0.29, 0.717) is 11.4 Å². The molecule has 1 aliphatic rings. The molecule has 2 aromatic rings. The van der Waals surface area contributed by atoms with Crippen LogP contribution in [0.2, 0.25) is 0 Å². The van der Waals surface area contributed by atoms with Crippen LogP contribution in [-0.4, -0.2) is 44.8 Å². The number of carbonyl (C=O) groups is 2. The maximum Gasteiger partial charge on any atom is 0.331 e. The Labute approximate surface area is 151 Å². The van der Waals surface area contributed by atoms with Gasteiger partial charge >= 0.3 is 5.97 Å². The van der Waals surface area contributed by atoms with Crippen LogP contribution in [0, 0.1) is 0 Å². The van der Waals surface area contributed by atoms with E-state index in [1.165, 1.54) is 18.4 Å². The molecule has 1 aliphatic heterocycles. The summed E-state index contributed by atoms with van der Waals surface area (Å²) in [4.78, 5) is 25.7. The van der Waals surface area contributed by atoms with Crippen molar-refractivity contribution in [1.29, 1.82) is 0 Å². The molecule has 1 aromatic carbocycles. The summed E-state index contributed by atoms with van der Waals surface area (Å²) in [5, 5.41) is 2.70. The van der Waals surface area contributed by atoms with Gasteiger partial charge in [-0.1, -0.05) is 0 Å². The maximum absolute atomic E-state index is 11.9. The van der Waals surface area contributed by atoms with Crippen molar-refractivity contribution in [3.63, 3.8) is 0 Å². The zero-order chi connectivity index (χ0) is 18.2. The van der Waals surface area contributed by atoms with E-state index < -0.39 is 11.9 Å². The lowest BCUT2D eigenvalue weighted by Gasteiger charge is -2.28. The van der Waals surface area contributed by atoms with Crippen molar-refractivity contribution in [2.45, 2.75) is 0 Å². The molecule has 1 N–H and O–H groups in total. The topological polar surface area (TPSA) is 81.0 Å². The van der Waals surface area contributed by atoms with Crippen LogP contribution in [0.25, 0.3) is 6.08 Å². The molecule has 136 valence electrons. The number of nitrogens with zero attached hydrogens (tertiary/aromatic N) is 1. The molecule has 1 fully saturated rings. The largest absolute Gasteiger partial charge is 0.465 e. The molecule has 0 aliphatic carbocycles. The summed E-state index contributed by atoms with van der Waals surface area (Å²) in [5.74, 6) is -0.477. The zero-order valence-corrected chi connectivity index (χ0v) is 14.2. The molecule has 26 heavy (non-hydrogen) atoms. The molecule has 3 rings (SSSR count). The number of hydrogen-bond acceptors (Lipinski definition) is 6. The van der Waals surface area contributed by atoms with E-state index in [-0.39, 0.29) is 6.61 Å². The van der Waals surface area contributed by atoms with Crippen molar-refractivity contribution < 1.29 is 23.5 Å². The van der Waals surface area contributed by atoms with Gasteiger partial charge in [0, 0.05) is 30.5 Å². The molecular weight excluding hydrogens is 336 g/mol. The quantitative estimate of drug-likeness (QED) is 0.632. The number of rotatable bonds is 6. The Morgan fingerprint density at radius 2 is 1.92 bits per heavy atom. The van der Waals surface area contributed by atoms with Gasteiger partial charge in [-0.2, -0.15) is 0 Å². The van der Waals surface area contributed by atoms with Crippen LogP contribution in [-0.2, 0) is 19.1 Å². The van der Waals surface area contributed by atoms with Crippen LogP contribution < -0.4 is 10.2 Å². The Bertz CT molecular complexity index is 747. The SMILES string of the molecule is O=C(COC(=O)C=Cc1ccco1)Nc1ccc(N2CCOCC2)cc1. The highest BCUT2D eigenvalue weighted by Crippen LogP contribution is 2.19. The fourth-order valence-electron chi connectivity index (χ4n) is 2.50. The molecular formula is C19H20N2O5. The molecule has 0 saturated carbocycles. The van der Waals surface area contributed by atoms with Crippen molar-refractivity contribution in [2.75, 3.05) is 43.1 Å². The average molecular weight is 356 g/mol. The summed E-state index contributed by atoms with van der Waals surface area (Å²) < 4.78 is 15.3. The Morgan fingerprint density at radius 3 is 2.62 bits per heavy atom. The molecule has 7 nitrogen and oxygen atoms in total. The minimum Gasteiger partial charge on any atom is -0.465 e. The molecule has 0 atom stereocenters. The van der Waals surface area contributed by atoms with E-state index in [2.05, 4.69) is 10.2 Å². The molecule has 0 bridgehead atoms. The summed E-state index contributed by atoms with van der Waals surface area (Å²) in [6.45, 7) is 2.79. The molecule has 1 saturated heterocycles. The van der Waals surface area contributed by atoms with Crippen LogP contribution in [0.5, 0.6) is 0 Å². The molecule has 7 heteroatoms. The highest BCUT2D eigenvalue weighted by atomic mass is 16.5. The number of nitrogens with one attached hydrogen (secondary N) is 1. The first kappa shape index (κ1) is 17.8. The third kappa shape index (κ3) is 5.22. The van der Waals surface area contributed by atoms with Crippen LogP contribution >= 0.6 is 0 Å².